The molecule has 0 radical (unpaired) electrons. The maximum atomic E-state index is 9.72. The van der Waals surface area contributed by atoms with E-state index in [0.29, 0.717) is 18.1 Å². The average molecular weight is 230 g/mol. The van der Waals surface area contributed by atoms with Crippen LogP contribution in [0.25, 0.3) is 0 Å². The fourth-order valence-corrected chi connectivity index (χ4v) is 1.66. The van der Waals surface area contributed by atoms with Crippen molar-refractivity contribution in [2.24, 2.45) is 5.73 Å². The van der Waals surface area contributed by atoms with Crippen molar-refractivity contribution in [2.75, 3.05) is 7.11 Å². The molecule has 3 nitrogen and oxygen atoms in total. The summed E-state index contributed by atoms with van der Waals surface area (Å²) in [5, 5.41) is 10.3. The van der Waals surface area contributed by atoms with E-state index in [1.807, 2.05) is 6.92 Å². The predicted molar refractivity (Wildman–Crippen MR) is 61.2 cm³/mol. The molecule has 0 fully saturated rings. The number of halogens is 1. The number of hydrogen-bond donors (Lipinski definition) is 2. The van der Waals surface area contributed by atoms with Gasteiger partial charge in [-0.15, -0.1) is 0 Å². The third-order valence-corrected chi connectivity index (χ3v) is 2.44. The fourth-order valence-electron chi connectivity index (χ4n) is 1.42. The summed E-state index contributed by atoms with van der Waals surface area (Å²) in [6.45, 7) is 2.28. The smallest absolute Gasteiger partial charge is 0.119 e. The van der Waals surface area contributed by atoms with Crippen molar-refractivity contribution in [3.8, 4) is 5.75 Å². The van der Waals surface area contributed by atoms with Gasteiger partial charge in [0.05, 0.1) is 6.61 Å². The number of phenols is 1. The van der Waals surface area contributed by atoms with Gasteiger partial charge in [-0.1, -0.05) is 11.6 Å². The van der Waals surface area contributed by atoms with Crippen molar-refractivity contribution in [3.05, 3.63) is 28.3 Å². The monoisotopic (exact) mass is 229 g/mol. The topological polar surface area (TPSA) is 55.5 Å². The van der Waals surface area contributed by atoms with Crippen LogP contribution in [0.15, 0.2) is 12.1 Å². The van der Waals surface area contributed by atoms with Crippen molar-refractivity contribution in [3.63, 3.8) is 0 Å². The van der Waals surface area contributed by atoms with Gasteiger partial charge in [0.2, 0.25) is 0 Å². The molecule has 4 heteroatoms. The molecule has 1 atom stereocenters. The third kappa shape index (κ3) is 3.38. The third-order valence-electron chi connectivity index (χ3n) is 2.09. The van der Waals surface area contributed by atoms with E-state index >= 15 is 0 Å². The zero-order valence-corrected chi connectivity index (χ0v) is 9.71. The van der Waals surface area contributed by atoms with E-state index in [-0.39, 0.29) is 11.8 Å². The number of nitrogens with two attached hydrogens (primary N) is 1. The Bertz CT molecular complexity index is 340. The Morgan fingerprint density at radius 2 is 2.13 bits per heavy atom. The van der Waals surface area contributed by atoms with Crippen LogP contribution in [0.1, 0.15) is 18.1 Å². The Hall–Kier alpha value is -0.770. The highest BCUT2D eigenvalue weighted by Crippen LogP contribution is 2.27. The van der Waals surface area contributed by atoms with E-state index in [1.54, 1.807) is 19.2 Å². The maximum absolute atomic E-state index is 9.72. The van der Waals surface area contributed by atoms with Crippen molar-refractivity contribution in [1.29, 1.82) is 0 Å². The quantitative estimate of drug-likeness (QED) is 0.831. The Morgan fingerprint density at radius 1 is 1.47 bits per heavy atom. The highest BCUT2D eigenvalue weighted by molar-refractivity contribution is 6.31. The van der Waals surface area contributed by atoms with Crippen LogP contribution in [-0.2, 0) is 17.8 Å². The molecule has 0 spiro atoms. The van der Waals surface area contributed by atoms with Gasteiger partial charge in [0.25, 0.3) is 0 Å². The molecule has 1 rings (SSSR count). The summed E-state index contributed by atoms with van der Waals surface area (Å²) >= 11 is 6.03. The summed E-state index contributed by atoms with van der Waals surface area (Å²) in [6, 6.07) is 3.37. The number of rotatable bonds is 4. The second-order valence-corrected chi connectivity index (χ2v) is 4.09. The van der Waals surface area contributed by atoms with Gasteiger partial charge in [-0.25, -0.2) is 0 Å². The molecular weight excluding hydrogens is 214 g/mol. The molecule has 1 aromatic rings. The molecule has 3 N–H and O–H groups in total. The second-order valence-electron chi connectivity index (χ2n) is 3.69. The molecule has 0 bridgehead atoms. The summed E-state index contributed by atoms with van der Waals surface area (Å²) in [5.41, 5.74) is 7.22. The minimum atomic E-state index is 0.000224. The lowest BCUT2D eigenvalue weighted by Gasteiger charge is -2.11. The largest absolute Gasteiger partial charge is 0.508 e. The summed E-state index contributed by atoms with van der Waals surface area (Å²) < 4.78 is 4.96. The maximum Gasteiger partial charge on any atom is 0.119 e. The minimum Gasteiger partial charge on any atom is -0.508 e. The molecule has 0 heterocycles. The van der Waals surface area contributed by atoms with E-state index < -0.39 is 0 Å². The van der Waals surface area contributed by atoms with Gasteiger partial charge in [-0.2, -0.15) is 0 Å². The summed E-state index contributed by atoms with van der Waals surface area (Å²) in [7, 11) is 1.59. The standard InChI is InChI=1S/C11H16ClNO2/c1-7(13)3-8-4-10(12)9(6-15-2)5-11(8)14/h4-5,7,14H,3,6,13H2,1-2H3. The van der Waals surface area contributed by atoms with Gasteiger partial charge in [-0.05, 0) is 36.6 Å². The number of aromatic hydroxyl groups is 1. The van der Waals surface area contributed by atoms with E-state index in [0.717, 1.165) is 11.1 Å². The lowest BCUT2D eigenvalue weighted by atomic mass is 10.0. The zero-order chi connectivity index (χ0) is 11.4. The van der Waals surface area contributed by atoms with Gasteiger partial charge in [0.1, 0.15) is 5.75 Å². The first-order chi connectivity index (χ1) is 7.04. The van der Waals surface area contributed by atoms with Gasteiger partial charge in [0, 0.05) is 18.2 Å². The molecule has 0 amide bonds. The van der Waals surface area contributed by atoms with Crippen LogP contribution in [0, 0.1) is 0 Å². The number of hydrogen-bond acceptors (Lipinski definition) is 3. The summed E-state index contributed by atoms with van der Waals surface area (Å²) in [4.78, 5) is 0. The Morgan fingerprint density at radius 3 is 2.67 bits per heavy atom. The SMILES string of the molecule is COCc1cc(O)c(CC(C)N)cc1Cl. The molecule has 0 saturated heterocycles. The number of phenolic OH excluding ortho intramolecular Hbond substituents is 1. The molecule has 0 saturated carbocycles. The lowest BCUT2D eigenvalue weighted by Crippen LogP contribution is -2.17. The summed E-state index contributed by atoms with van der Waals surface area (Å²) in [6.07, 6.45) is 0.610. The molecule has 0 aliphatic rings. The highest BCUT2D eigenvalue weighted by atomic mass is 35.5. The van der Waals surface area contributed by atoms with Crippen LogP contribution in [0.3, 0.4) is 0 Å². The number of methoxy groups -OCH3 is 1. The Kier molecular flexibility index (Phi) is 4.39. The predicted octanol–water partition coefficient (Wildman–Crippen LogP) is 2.08. The van der Waals surface area contributed by atoms with E-state index in [4.69, 9.17) is 22.1 Å². The molecule has 0 aliphatic carbocycles. The molecule has 1 unspecified atom stereocenters. The first-order valence-electron chi connectivity index (χ1n) is 4.79. The number of ether oxygens (including phenoxy) is 1. The van der Waals surface area contributed by atoms with Gasteiger partial charge >= 0.3 is 0 Å². The number of benzene rings is 1. The zero-order valence-electron chi connectivity index (χ0n) is 8.96. The van der Waals surface area contributed by atoms with Crippen LogP contribution >= 0.6 is 11.6 Å². The molecule has 1 aromatic carbocycles. The van der Waals surface area contributed by atoms with Crippen LogP contribution in [0.2, 0.25) is 5.02 Å². The van der Waals surface area contributed by atoms with Gasteiger partial charge < -0.3 is 15.6 Å². The minimum absolute atomic E-state index is 0.000224. The second kappa shape index (κ2) is 5.35. The average Bonchev–Trinajstić information content (AvgIpc) is 2.13. The lowest BCUT2D eigenvalue weighted by molar-refractivity contribution is 0.184. The Balaban J connectivity index is 2.97. The first kappa shape index (κ1) is 12.3. The fraction of sp³-hybridized carbons (Fsp3) is 0.455. The van der Waals surface area contributed by atoms with Crippen molar-refractivity contribution in [2.45, 2.75) is 26.0 Å². The highest BCUT2D eigenvalue weighted by Gasteiger charge is 2.09. The molecule has 0 aliphatic heterocycles. The van der Waals surface area contributed by atoms with Crippen molar-refractivity contribution >= 4 is 11.6 Å². The first-order valence-corrected chi connectivity index (χ1v) is 5.17. The van der Waals surface area contributed by atoms with Crippen LogP contribution in [0.5, 0.6) is 5.75 Å². The van der Waals surface area contributed by atoms with Crippen LogP contribution in [-0.4, -0.2) is 18.3 Å². The van der Waals surface area contributed by atoms with E-state index in [9.17, 15) is 5.11 Å². The van der Waals surface area contributed by atoms with E-state index in [1.165, 1.54) is 0 Å². The van der Waals surface area contributed by atoms with Crippen LogP contribution < -0.4 is 5.73 Å². The van der Waals surface area contributed by atoms with Gasteiger partial charge in [0.15, 0.2) is 0 Å². The van der Waals surface area contributed by atoms with Crippen molar-refractivity contribution in [1.82, 2.24) is 0 Å². The van der Waals surface area contributed by atoms with E-state index in [2.05, 4.69) is 0 Å². The molecule has 0 aromatic heterocycles. The normalized spacial score (nSPS) is 12.8. The molecular formula is C11H16ClNO2. The summed E-state index contributed by atoms with van der Waals surface area (Å²) in [5.74, 6) is 0.226. The molecule has 84 valence electrons. The Labute approximate surface area is 94.8 Å². The molecule has 15 heavy (non-hydrogen) atoms. The van der Waals surface area contributed by atoms with Crippen molar-refractivity contribution < 1.29 is 9.84 Å². The van der Waals surface area contributed by atoms with Gasteiger partial charge in [-0.3, -0.25) is 0 Å². The van der Waals surface area contributed by atoms with Crippen LogP contribution in [0.4, 0.5) is 0 Å².